The Balaban J connectivity index is 1.29. The van der Waals surface area contributed by atoms with Crippen molar-refractivity contribution in [3.63, 3.8) is 0 Å². The molecule has 1 aromatic heterocycles. The second-order valence-electron chi connectivity index (χ2n) is 13.8. The van der Waals surface area contributed by atoms with Crippen molar-refractivity contribution in [2.24, 2.45) is 0 Å². The third-order valence-corrected chi connectivity index (χ3v) is 11.2. The molecule has 1 aliphatic rings. The minimum absolute atomic E-state index is 0.618. The van der Waals surface area contributed by atoms with Crippen LogP contribution in [0.2, 0.25) is 0 Å². The van der Waals surface area contributed by atoms with E-state index >= 15 is 0 Å². The second-order valence-corrected chi connectivity index (χ2v) is 13.8. The number of hydrogen-bond acceptors (Lipinski definition) is 2. The van der Waals surface area contributed by atoms with Gasteiger partial charge in [0.05, 0.1) is 5.41 Å². The number of nitrogens with zero attached hydrogens (tertiary/aromatic N) is 1. The van der Waals surface area contributed by atoms with Gasteiger partial charge in [0.15, 0.2) is 5.58 Å². The third-order valence-electron chi connectivity index (χ3n) is 11.2. The topological polar surface area (TPSA) is 26.0 Å². The molecule has 0 aliphatic heterocycles. The standard InChI is InChI=1S/C50H31NO/c1-2-17-35(18-3-1)50(43-24-9-8-21-38(43)39-29-28-34(31-45(39)50)49-51-46-26-10-11-27-47(46)52-49)44-25-13-23-41-42(44)30-33-15-5-7-20-37(33)48(41)40-22-12-16-32-14-4-6-19-36(32)40/h1-31H. The summed E-state index contributed by atoms with van der Waals surface area (Å²) in [5, 5.41) is 7.45. The Kier molecular flexibility index (Phi) is 6.20. The molecule has 2 nitrogen and oxygen atoms in total. The monoisotopic (exact) mass is 661 g/mol. The molecule has 0 bridgehead atoms. The van der Waals surface area contributed by atoms with Gasteiger partial charge < -0.3 is 4.42 Å². The normalized spacial score (nSPS) is 15.0. The Morgan fingerprint density at radius 2 is 1.06 bits per heavy atom. The van der Waals surface area contributed by atoms with Gasteiger partial charge in [0.2, 0.25) is 5.89 Å². The van der Waals surface area contributed by atoms with E-state index in [1.807, 2.05) is 24.3 Å². The predicted octanol–water partition coefficient (Wildman–Crippen LogP) is 13.0. The van der Waals surface area contributed by atoms with Crippen molar-refractivity contribution in [1.29, 1.82) is 0 Å². The molecule has 1 unspecified atom stereocenters. The van der Waals surface area contributed by atoms with E-state index in [9.17, 15) is 0 Å². The number of oxazole rings is 1. The smallest absolute Gasteiger partial charge is 0.227 e. The van der Waals surface area contributed by atoms with E-state index in [4.69, 9.17) is 9.40 Å². The molecule has 0 saturated heterocycles. The summed E-state index contributed by atoms with van der Waals surface area (Å²) in [5.41, 5.74) is 12.0. The summed E-state index contributed by atoms with van der Waals surface area (Å²) in [5.74, 6) is 0.629. The number of fused-ring (bicyclic) bond motifs is 7. The summed E-state index contributed by atoms with van der Waals surface area (Å²) in [6.07, 6.45) is 0. The minimum atomic E-state index is -0.618. The van der Waals surface area contributed by atoms with Gasteiger partial charge in [-0.05, 0) is 107 Å². The Hall–Kier alpha value is -6.77. The fourth-order valence-corrected chi connectivity index (χ4v) is 9.00. The van der Waals surface area contributed by atoms with Crippen LogP contribution in [0.1, 0.15) is 22.3 Å². The molecule has 1 atom stereocenters. The van der Waals surface area contributed by atoms with E-state index in [1.165, 1.54) is 76.8 Å². The molecule has 242 valence electrons. The lowest BCUT2D eigenvalue weighted by Gasteiger charge is -2.35. The molecule has 52 heavy (non-hydrogen) atoms. The van der Waals surface area contributed by atoms with Crippen molar-refractivity contribution in [1.82, 2.24) is 4.98 Å². The van der Waals surface area contributed by atoms with E-state index in [2.05, 4.69) is 164 Å². The van der Waals surface area contributed by atoms with Crippen LogP contribution in [0.4, 0.5) is 0 Å². The molecule has 1 aliphatic carbocycles. The SMILES string of the molecule is c1ccc(C2(c3cccc4c(-c5cccc6ccccc56)c5ccccc5cc34)c3ccccc3-c3ccc(-c4nc5ccccc5o4)cc32)cc1. The molecule has 9 aromatic carbocycles. The Labute approximate surface area is 301 Å². The lowest BCUT2D eigenvalue weighted by Crippen LogP contribution is -2.29. The van der Waals surface area contributed by atoms with Crippen LogP contribution in [-0.4, -0.2) is 4.98 Å². The minimum Gasteiger partial charge on any atom is -0.436 e. The number of rotatable bonds is 4. The van der Waals surface area contributed by atoms with Crippen LogP contribution in [0.15, 0.2) is 192 Å². The molecule has 0 N–H and O–H groups in total. The molecule has 0 saturated carbocycles. The largest absolute Gasteiger partial charge is 0.436 e. The number of para-hydroxylation sites is 2. The summed E-state index contributed by atoms with van der Waals surface area (Å²) < 4.78 is 6.38. The highest BCUT2D eigenvalue weighted by molar-refractivity contribution is 6.18. The Morgan fingerprint density at radius 3 is 1.96 bits per heavy atom. The van der Waals surface area contributed by atoms with E-state index in [1.54, 1.807) is 0 Å². The van der Waals surface area contributed by atoms with Crippen molar-refractivity contribution in [3.8, 4) is 33.7 Å². The van der Waals surface area contributed by atoms with Gasteiger partial charge in [0, 0.05) is 5.56 Å². The maximum absolute atomic E-state index is 6.38. The quantitative estimate of drug-likeness (QED) is 0.175. The summed E-state index contributed by atoms with van der Waals surface area (Å²) in [4.78, 5) is 4.94. The van der Waals surface area contributed by atoms with Gasteiger partial charge in [-0.1, -0.05) is 158 Å². The van der Waals surface area contributed by atoms with Crippen LogP contribution in [0.3, 0.4) is 0 Å². The maximum Gasteiger partial charge on any atom is 0.227 e. The van der Waals surface area contributed by atoms with Gasteiger partial charge in [-0.25, -0.2) is 4.98 Å². The van der Waals surface area contributed by atoms with Crippen LogP contribution in [0.5, 0.6) is 0 Å². The van der Waals surface area contributed by atoms with Gasteiger partial charge in [0.25, 0.3) is 0 Å². The van der Waals surface area contributed by atoms with Crippen LogP contribution in [0, 0.1) is 0 Å². The third kappa shape index (κ3) is 4.03. The molecule has 0 spiro atoms. The van der Waals surface area contributed by atoms with Crippen molar-refractivity contribution < 1.29 is 4.42 Å². The molecule has 0 fully saturated rings. The summed E-state index contributed by atoms with van der Waals surface area (Å²) in [6, 6.07) is 68.4. The number of benzene rings is 9. The lowest BCUT2D eigenvalue weighted by molar-refractivity contribution is 0.619. The fraction of sp³-hybridized carbons (Fsp3) is 0.0200. The summed E-state index contributed by atoms with van der Waals surface area (Å²) >= 11 is 0. The van der Waals surface area contributed by atoms with Crippen molar-refractivity contribution in [3.05, 3.63) is 210 Å². The maximum atomic E-state index is 6.38. The van der Waals surface area contributed by atoms with Crippen molar-refractivity contribution in [2.45, 2.75) is 5.41 Å². The predicted molar refractivity (Wildman–Crippen MR) is 215 cm³/mol. The first-order valence-electron chi connectivity index (χ1n) is 17.9. The molecule has 11 rings (SSSR count). The lowest BCUT2D eigenvalue weighted by atomic mass is 9.66. The summed E-state index contributed by atoms with van der Waals surface area (Å²) in [6.45, 7) is 0. The molecular weight excluding hydrogens is 631 g/mol. The molecule has 0 radical (unpaired) electrons. The first-order chi connectivity index (χ1) is 25.8. The van der Waals surface area contributed by atoms with Crippen LogP contribution in [-0.2, 0) is 5.41 Å². The fourth-order valence-electron chi connectivity index (χ4n) is 9.00. The van der Waals surface area contributed by atoms with Gasteiger partial charge in [0.1, 0.15) is 5.52 Å². The summed E-state index contributed by atoms with van der Waals surface area (Å²) in [7, 11) is 0. The first kappa shape index (κ1) is 29.0. The van der Waals surface area contributed by atoms with Gasteiger partial charge in [-0.15, -0.1) is 0 Å². The Bertz CT molecular complexity index is 2990. The molecule has 1 heterocycles. The van der Waals surface area contributed by atoms with Crippen LogP contribution >= 0.6 is 0 Å². The average molecular weight is 662 g/mol. The zero-order chi connectivity index (χ0) is 34.2. The van der Waals surface area contributed by atoms with Gasteiger partial charge in [-0.2, -0.15) is 0 Å². The van der Waals surface area contributed by atoms with Crippen LogP contribution in [0.25, 0.3) is 77.1 Å². The van der Waals surface area contributed by atoms with E-state index < -0.39 is 5.41 Å². The van der Waals surface area contributed by atoms with E-state index in [-0.39, 0.29) is 0 Å². The zero-order valence-corrected chi connectivity index (χ0v) is 28.3. The van der Waals surface area contributed by atoms with Gasteiger partial charge in [-0.3, -0.25) is 0 Å². The zero-order valence-electron chi connectivity index (χ0n) is 28.3. The highest BCUT2D eigenvalue weighted by atomic mass is 16.3. The molecular formula is C50H31NO. The molecule has 2 heteroatoms. The van der Waals surface area contributed by atoms with Crippen molar-refractivity contribution in [2.75, 3.05) is 0 Å². The second kappa shape index (κ2) is 11.1. The van der Waals surface area contributed by atoms with E-state index in [0.717, 1.165) is 16.7 Å². The first-order valence-corrected chi connectivity index (χ1v) is 17.9. The number of hydrogen-bond donors (Lipinski definition) is 0. The average Bonchev–Trinajstić information content (AvgIpc) is 3.78. The highest BCUT2D eigenvalue weighted by Crippen LogP contribution is 2.58. The Morgan fingerprint density at radius 1 is 0.404 bits per heavy atom. The molecule has 0 amide bonds. The molecule has 10 aromatic rings. The highest BCUT2D eigenvalue weighted by Gasteiger charge is 2.47. The number of aromatic nitrogens is 1. The van der Waals surface area contributed by atoms with Gasteiger partial charge >= 0.3 is 0 Å². The van der Waals surface area contributed by atoms with Crippen molar-refractivity contribution >= 4 is 43.4 Å². The van der Waals surface area contributed by atoms with Crippen LogP contribution < -0.4 is 0 Å². The van der Waals surface area contributed by atoms with E-state index in [0.29, 0.717) is 5.89 Å².